The topological polar surface area (TPSA) is 0 Å². The Morgan fingerprint density at radius 3 is 2.60 bits per heavy atom. The molecule has 0 unspecified atom stereocenters. The van der Waals surface area contributed by atoms with Gasteiger partial charge in [-0.15, -0.1) is 11.3 Å². The van der Waals surface area contributed by atoms with E-state index in [-0.39, 0.29) is 0 Å². The third kappa shape index (κ3) is 1.45. The van der Waals surface area contributed by atoms with Gasteiger partial charge in [0.15, 0.2) is 0 Å². The van der Waals surface area contributed by atoms with Crippen molar-refractivity contribution in [3.05, 3.63) is 60.0 Å². The Morgan fingerprint density at radius 2 is 1.73 bits per heavy atom. The summed E-state index contributed by atoms with van der Waals surface area (Å²) < 4.78 is 0. The number of hydrogen-bond donors (Lipinski definition) is 0. The van der Waals surface area contributed by atoms with Crippen molar-refractivity contribution < 1.29 is 0 Å². The van der Waals surface area contributed by atoms with E-state index < -0.39 is 0 Å². The van der Waals surface area contributed by atoms with Crippen molar-refractivity contribution in [1.82, 2.24) is 0 Å². The van der Waals surface area contributed by atoms with Crippen LogP contribution >= 0.6 is 11.3 Å². The second kappa shape index (κ2) is 3.52. The standard InChI is InChI=1S/C14H9S/c1-2-5-11(6-3-1)13-9-8-12-7-4-10-15-14(12)13/h2-10H. The van der Waals surface area contributed by atoms with Gasteiger partial charge in [0.25, 0.3) is 0 Å². The Bertz CT molecular complexity index is 536. The van der Waals surface area contributed by atoms with Crippen molar-refractivity contribution in [2.75, 3.05) is 0 Å². The molecule has 0 saturated heterocycles. The van der Waals surface area contributed by atoms with Crippen molar-refractivity contribution in [3.8, 4) is 21.6 Å². The monoisotopic (exact) mass is 209 g/mol. The van der Waals surface area contributed by atoms with Gasteiger partial charge in [-0.3, -0.25) is 0 Å². The highest BCUT2D eigenvalue weighted by molar-refractivity contribution is 7.13. The summed E-state index contributed by atoms with van der Waals surface area (Å²) in [6.07, 6.45) is 0. The molecule has 2 aliphatic rings. The highest BCUT2D eigenvalue weighted by Crippen LogP contribution is 2.37. The predicted molar refractivity (Wildman–Crippen MR) is 65.2 cm³/mol. The molecule has 0 N–H and O–H groups in total. The van der Waals surface area contributed by atoms with Crippen molar-refractivity contribution >= 4 is 11.3 Å². The van der Waals surface area contributed by atoms with Gasteiger partial charge in [0.2, 0.25) is 0 Å². The zero-order chi connectivity index (χ0) is 10.1. The Hall–Kier alpha value is -1.60. The fraction of sp³-hybridized carbons (Fsp3) is 0. The average molecular weight is 209 g/mol. The van der Waals surface area contributed by atoms with Crippen LogP contribution < -0.4 is 0 Å². The molecule has 0 amide bonds. The second-order valence-electron chi connectivity index (χ2n) is 3.43. The summed E-state index contributed by atoms with van der Waals surface area (Å²) in [5.41, 5.74) is 3.92. The molecule has 1 radical (unpaired) electrons. The molecule has 15 heavy (non-hydrogen) atoms. The third-order valence-electron chi connectivity index (χ3n) is 2.51. The first-order valence-corrected chi connectivity index (χ1v) is 5.76. The molecule has 1 heterocycles. The number of benzene rings is 1. The summed E-state index contributed by atoms with van der Waals surface area (Å²) in [6.45, 7) is 0. The first-order valence-electron chi connectivity index (χ1n) is 4.88. The molecule has 0 bridgehead atoms. The fourth-order valence-corrected chi connectivity index (χ4v) is 2.67. The maximum Gasteiger partial charge on any atom is 0.0420 e. The fourth-order valence-electron chi connectivity index (χ4n) is 1.79. The lowest BCUT2D eigenvalue weighted by molar-refractivity contribution is 1.67. The van der Waals surface area contributed by atoms with E-state index in [2.05, 4.69) is 47.8 Å². The van der Waals surface area contributed by atoms with Gasteiger partial charge in [0.05, 0.1) is 0 Å². The molecule has 1 aromatic carbocycles. The highest BCUT2D eigenvalue weighted by Gasteiger charge is 2.09. The molecule has 1 aliphatic heterocycles. The number of hydrogen-bond acceptors (Lipinski definition) is 1. The lowest BCUT2D eigenvalue weighted by atomic mass is 10.1. The van der Waals surface area contributed by atoms with Crippen LogP contribution in [0.15, 0.2) is 53.9 Å². The average Bonchev–Trinajstić information content (AvgIpc) is 2.74. The maximum absolute atomic E-state index is 3.05. The van der Waals surface area contributed by atoms with Crippen LogP contribution in [0.5, 0.6) is 0 Å². The molecule has 0 atom stereocenters. The van der Waals surface area contributed by atoms with Crippen LogP contribution in [0.4, 0.5) is 0 Å². The molecule has 1 aromatic rings. The summed E-state index contributed by atoms with van der Waals surface area (Å²) in [5, 5.41) is 2.13. The first-order chi connectivity index (χ1) is 7.45. The predicted octanol–water partition coefficient (Wildman–Crippen LogP) is 4.32. The molecule has 3 rings (SSSR count). The number of fused-ring (bicyclic) bond motifs is 1. The minimum Gasteiger partial charge on any atom is -0.143 e. The molecule has 1 heteroatoms. The summed E-state index contributed by atoms with van der Waals surface area (Å²) >= 11 is 1.79. The van der Waals surface area contributed by atoms with Crippen LogP contribution in [0, 0.1) is 6.07 Å². The Morgan fingerprint density at radius 1 is 0.867 bits per heavy atom. The molecular formula is C14H9S. The molecule has 0 fully saturated rings. The molecule has 1 aliphatic carbocycles. The van der Waals surface area contributed by atoms with Crippen LogP contribution in [-0.2, 0) is 0 Å². The molecule has 0 saturated carbocycles. The van der Waals surface area contributed by atoms with E-state index in [9.17, 15) is 0 Å². The zero-order valence-electron chi connectivity index (χ0n) is 8.10. The van der Waals surface area contributed by atoms with Gasteiger partial charge in [0.1, 0.15) is 0 Å². The van der Waals surface area contributed by atoms with Crippen molar-refractivity contribution in [2.45, 2.75) is 0 Å². The highest BCUT2D eigenvalue weighted by atomic mass is 32.1. The van der Waals surface area contributed by atoms with Crippen LogP contribution in [0.3, 0.4) is 0 Å². The lowest BCUT2D eigenvalue weighted by Crippen LogP contribution is -1.75. The van der Waals surface area contributed by atoms with Gasteiger partial charge in [-0.1, -0.05) is 48.5 Å². The smallest absolute Gasteiger partial charge is 0.0420 e. The van der Waals surface area contributed by atoms with Crippen LogP contribution in [0.25, 0.3) is 21.6 Å². The summed E-state index contributed by atoms with van der Waals surface area (Å²) in [5.74, 6) is 0. The first kappa shape index (κ1) is 8.69. The van der Waals surface area contributed by atoms with E-state index in [4.69, 9.17) is 0 Å². The summed E-state index contributed by atoms with van der Waals surface area (Å²) in [4.78, 5) is 1.36. The minimum absolute atomic E-state index is 1.27. The Kier molecular flexibility index (Phi) is 2.04. The summed E-state index contributed by atoms with van der Waals surface area (Å²) in [6, 6.07) is 19.8. The molecule has 71 valence electrons. The van der Waals surface area contributed by atoms with Crippen molar-refractivity contribution in [3.63, 3.8) is 0 Å². The second-order valence-corrected chi connectivity index (χ2v) is 4.35. The third-order valence-corrected chi connectivity index (χ3v) is 3.49. The van der Waals surface area contributed by atoms with Gasteiger partial charge in [0, 0.05) is 4.88 Å². The van der Waals surface area contributed by atoms with Crippen LogP contribution in [-0.4, -0.2) is 0 Å². The maximum atomic E-state index is 3.05. The molecular weight excluding hydrogens is 200 g/mol. The molecule has 0 nitrogen and oxygen atoms in total. The summed E-state index contributed by atoms with van der Waals surface area (Å²) in [7, 11) is 0. The molecule has 0 spiro atoms. The Labute approximate surface area is 93.2 Å². The van der Waals surface area contributed by atoms with Gasteiger partial charge in [-0.2, -0.15) is 0 Å². The van der Waals surface area contributed by atoms with Crippen molar-refractivity contribution in [2.24, 2.45) is 0 Å². The van der Waals surface area contributed by atoms with Crippen molar-refractivity contribution in [1.29, 1.82) is 0 Å². The SMILES string of the molecule is [c]1ccc(-c2ccc3cccsc2-3)cc1. The quantitative estimate of drug-likeness (QED) is 0.560. The number of rotatable bonds is 1. The van der Waals surface area contributed by atoms with Crippen LogP contribution in [0.2, 0.25) is 0 Å². The zero-order valence-corrected chi connectivity index (χ0v) is 8.92. The van der Waals surface area contributed by atoms with Gasteiger partial charge in [-0.05, 0) is 28.1 Å². The van der Waals surface area contributed by atoms with E-state index in [1.54, 1.807) is 11.3 Å². The van der Waals surface area contributed by atoms with E-state index in [1.165, 1.54) is 21.6 Å². The minimum atomic E-state index is 1.27. The van der Waals surface area contributed by atoms with Gasteiger partial charge < -0.3 is 0 Å². The Balaban J connectivity index is 2.22. The van der Waals surface area contributed by atoms with Gasteiger partial charge in [-0.25, -0.2) is 0 Å². The lowest BCUT2D eigenvalue weighted by Gasteiger charge is -2.02. The molecule has 0 aromatic heterocycles. The van der Waals surface area contributed by atoms with Crippen LogP contribution in [0.1, 0.15) is 0 Å². The van der Waals surface area contributed by atoms with E-state index >= 15 is 0 Å². The van der Waals surface area contributed by atoms with Gasteiger partial charge >= 0.3 is 0 Å². The van der Waals surface area contributed by atoms with E-state index in [0.717, 1.165) is 0 Å². The normalized spacial score (nSPS) is 10.7. The van der Waals surface area contributed by atoms with E-state index in [0.29, 0.717) is 0 Å². The van der Waals surface area contributed by atoms with E-state index in [1.807, 2.05) is 12.1 Å². The largest absolute Gasteiger partial charge is 0.143 e.